The molecule has 8 nitrogen and oxygen atoms in total. The van der Waals surface area contributed by atoms with Crippen molar-refractivity contribution >= 4 is 21.9 Å². The Morgan fingerprint density at radius 3 is 2.67 bits per heavy atom. The number of aromatic nitrogens is 2. The molecule has 27 heavy (non-hydrogen) atoms. The number of ether oxygens (including phenoxy) is 1. The molecule has 3 aromatic rings. The molecule has 0 unspecified atom stereocenters. The first-order chi connectivity index (χ1) is 13.0. The van der Waals surface area contributed by atoms with Gasteiger partial charge in [-0.25, -0.2) is 4.79 Å². The lowest BCUT2D eigenvalue weighted by Crippen LogP contribution is -2.16. The first-order valence-corrected chi connectivity index (χ1v) is 9.22. The normalized spacial score (nSPS) is 10.8. The van der Waals surface area contributed by atoms with Gasteiger partial charge in [0.05, 0.1) is 16.5 Å². The van der Waals surface area contributed by atoms with Crippen molar-refractivity contribution in [2.24, 2.45) is 0 Å². The van der Waals surface area contributed by atoms with Gasteiger partial charge >= 0.3 is 6.09 Å². The molecule has 0 aliphatic heterocycles. The summed E-state index contributed by atoms with van der Waals surface area (Å²) < 4.78 is 30.9. The van der Waals surface area contributed by atoms with E-state index < -0.39 is 16.1 Å². The fourth-order valence-electron chi connectivity index (χ4n) is 2.21. The van der Waals surface area contributed by atoms with Gasteiger partial charge in [-0.3, -0.25) is 5.32 Å². The van der Waals surface area contributed by atoms with Crippen molar-refractivity contribution in [3.05, 3.63) is 78.0 Å². The average molecular weight is 382 g/mol. The van der Waals surface area contributed by atoms with Gasteiger partial charge < -0.3 is 4.74 Å². The molecule has 0 saturated carbocycles. The first kappa shape index (κ1) is 18.2. The van der Waals surface area contributed by atoms with E-state index in [2.05, 4.69) is 10.4 Å². The van der Waals surface area contributed by atoms with E-state index in [0.717, 1.165) is 9.65 Å². The number of rotatable bonds is 5. The maximum atomic E-state index is 12.6. The number of nitriles is 1. The van der Waals surface area contributed by atoms with Crippen LogP contribution >= 0.6 is 0 Å². The van der Waals surface area contributed by atoms with Gasteiger partial charge in [0.15, 0.2) is 5.82 Å². The second-order valence-corrected chi connectivity index (χ2v) is 7.20. The summed E-state index contributed by atoms with van der Waals surface area (Å²) in [5.74, 6) is 0.0214. The summed E-state index contributed by atoms with van der Waals surface area (Å²) in [6, 6.07) is 17.9. The van der Waals surface area contributed by atoms with Crippen molar-refractivity contribution in [3.8, 4) is 6.07 Å². The molecule has 0 aliphatic carbocycles. The third-order valence-electron chi connectivity index (χ3n) is 3.52. The van der Waals surface area contributed by atoms with Crippen molar-refractivity contribution in [1.29, 1.82) is 5.26 Å². The van der Waals surface area contributed by atoms with Crippen molar-refractivity contribution in [2.75, 3.05) is 5.32 Å². The quantitative estimate of drug-likeness (QED) is 0.726. The van der Waals surface area contributed by atoms with E-state index in [1.807, 2.05) is 36.4 Å². The van der Waals surface area contributed by atoms with Gasteiger partial charge in [0.1, 0.15) is 6.61 Å². The van der Waals surface area contributed by atoms with E-state index in [9.17, 15) is 13.2 Å². The lowest BCUT2D eigenvalue weighted by atomic mass is 10.2. The number of carbonyl (C=O) groups excluding carboxylic acids is 1. The van der Waals surface area contributed by atoms with Gasteiger partial charge in [-0.05, 0) is 23.8 Å². The van der Waals surface area contributed by atoms with E-state index in [4.69, 9.17) is 10.00 Å². The van der Waals surface area contributed by atoms with Crippen LogP contribution in [0.1, 0.15) is 11.1 Å². The zero-order valence-corrected chi connectivity index (χ0v) is 14.8. The highest BCUT2D eigenvalue weighted by Crippen LogP contribution is 2.16. The Labute approximate surface area is 155 Å². The standard InChI is InChI=1S/C18H14N4O4S/c19-12-15-7-4-8-16(11-15)27(24,25)22-10-9-17(21-22)20-18(23)26-13-14-5-2-1-3-6-14/h1-11H,13H2,(H,20,21,23). The molecule has 1 aromatic heterocycles. The molecule has 136 valence electrons. The third-order valence-corrected chi connectivity index (χ3v) is 5.06. The summed E-state index contributed by atoms with van der Waals surface area (Å²) in [4.78, 5) is 11.7. The van der Waals surface area contributed by atoms with Crippen LogP contribution in [0.5, 0.6) is 0 Å². The molecule has 2 aromatic carbocycles. The van der Waals surface area contributed by atoms with Crippen LogP contribution in [0.4, 0.5) is 10.6 Å². The number of benzene rings is 2. The van der Waals surface area contributed by atoms with Crippen LogP contribution in [0.15, 0.2) is 71.8 Å². The molecule has 0 fully saturated rings. The zero-order chi connectivity index (χ0) is 19.3. The van der Waals surface area contributed by atoms with Crippen LogP contribution in [0.2, 0.25) is 0 Å². The minimum absolute atomic E-state index is 0.0214. The Morgan fingerprint density at radius 2 is 1.93 bits per heavy atom. The van der Waals surface area contributed by atoms with Crippen molar-refractivity contribution in [1.82, 2.24) is 9.19 Å². The third kappa shape index (κ3) is 4.31. The van der Waals surface area contributed by atoms with Gasteiger partial charge in [0.25, 0.3) is 10.0 Å². The Balaban J connectivity index is 1.68. The maximum absolute atomic E-state index is 12.6. The van der Waals surface area contributed by atoms with Crippen LogP contribution in [0, 0.1) is 11.3 Å². The molecular formula is C18H14N4O4S. The average Bonchev–Trinajstić information content (AvgIpc) is 3.16. The van der Waals surface area contributed by atoms with Gasteiger partial charge in [-0.15, -0.1) is 5.10 Å². The lowest BCUT2D eigenvalue weighted by molar-refractivity contribution is 0.155. The molecule has 0 saturated heterocycles. The SMILES string of the molecule is N#Cc1cccc(S(=O)(=O)n2ccc(NC(=O)OCc3ccccc3)n2)c1. The number of hydrogen-bond donors (Lipinski definition) is 1. The molecule has 9 heteroatoms. The molecular weight excluding hydrogens is 368 g/mol. The molecule has 1 heterocycles. The van der Waals surface area contributed by atoms with E-state index >= 15 is 0 Å². The summed E-state index contributed by atoms with van der Waals surface area (Å²) in [6.07, 6.45) is 0.439. The van der Waals surface area contributed by atoms with Gasteiger partial charge in [0.2, 0.25) is 0 Å². The number of nitrogens with one attached hydrogen (secondary N) is 1. The summed E-state index contributed by atoms with van der Waals surface area (Å²) in [5, 5.41) is 15.1. The Hall–Kier alpha value is -3.64. The summed E-state index contributed by atoms with van der Waals surface area (Å²) in [6.45, 7) is 0.0760. The fourth-order valence-corrected chi connectivity index (χ4v) is 3.36. The molecule has 1 N–H and O–H groups in total. The van der Waals surface area contributed by atoms with Crippen LogP contribution in [-0.4, -0.2) is 23.7 Å². The Bertz CT molecular complexity index is 1100. The molecule has 0 radical (unpaired) electrons. The highest BCUT2D eigenvalue weighted by molar-refractivity contribution is 7.89. The number of hydrogen-bond acceptors (Lipinski definition) is 6. The monoisotopic (exact) mass is 382 g/mol. The largest absolute Gasteiger partial charge is 0.444 e. The number of amides is 1. The van der Waals surface area contributed by atoms with Gasteiger partial charge in [0, 0.05) is 12.3 Å². The molecule has 0 spiro atoms. The van der Waals surface area contributed by atoms with E-state index in [1.165, 1.54) is 36.5 Å². The first-order valence-electron chi connectivity index (χ1n) is 7.78. The highest BCUT2D eigenvalue weighted by Gasteiger charge is 2.19. The lowest BCUT2D eigenvalue weighted by Gasteiger charge is -2.06. The summed E-state index contributed by atoms with van der Waals surface area (Å²) in [5.41, 5.74) is 1.03. The Kier molecular flexibility index (Phi) is 5.19. The number of anilines is 1. The Morgan fingerprint density at radius 1 is 1.15 bits per heavy atom. The highest BCUT2D eigenvalue weighted by atomic mass is 32.2. The van der Waals surface area contributed by atoms with Crippen LogP contribution < -0.4 is 5.32 Å². The molecule has 1 amide bonds. The van der Waals surface area contributed by atoms with E-state index in [0.29, 0.717) is 0 Å². The minimum atomic E-state index is -3.98. The second kappa shape index (κ2) is 7.72. The number of nitrogens with zero attached hydrogens (tertiary/aromatic N) is 3. The summed E-state index contributed by atoms with van der Waals surface area (Å²) in [7, 11) is -3.98. The summed E-state index contributed by atoms with van der Waals surface area (Å²) >= 11 is 0. The van der Waals surface area contributed by atoms with Crippen LogP contribution in [0.3, 0.4) is 0 Å². The van der Waals surface area contributed by atoms with Gasteiger partial charge in [-0.1, -0.05) is 36.4 Å². The predicted octanol–water partition coefficient (Wildman–Crippen LogP) is 2.74. The van der Waals surface area contributed by atoms with Crippen molar-refractivity contribution in [2.45, 2.75) is 11.5 Å². The van der Waals surface area contributed by atoms with E-state index in [1.54, 1.807) is 0 Å². The zero-order valence-electron chi connectivity index (χ0n) is 13.9. The fraction of sp³-hybridized carbons (Fsp3) is 0.0556. The topological polar surface area (TPSA) is 114 Å². The van der Waals surface area contributed by atoms with Crippen molar-refractivity contribution < 1.29 is 17.9 Å². The second-order valence-electron chi connectivity index (χ2n) is 5.40. The molecule has 0 atom stereocenters. The van der Waals surface area contributed by atoms with Crippen LogP contribution in [-0.2, 0) is 21.4 Å². The molecule has 0 bridgehead atoms. The predicted molar refractivity (Wildman–Crippen MR) is 96.2 cm³/mol. The number of carbonyl (C=O) groups is 1. The van der Waals surface area contributed by atoms with Crippen molar-refractivity contribution in [3.63, 3.8) is 0 Å². The smallest absolute Gasteiger partial charge is 0.413 e. The molecule has 3 rings (SSSR count). The van der Waals surface area contributed by atoms with Crippen LogP contribution in [0.25, 0.3) is 0 Å². The molecule has 0 aliphatic rings. The maximum Gasteiger partial charge on any atom is 0.413 e. The van der Waals surface area contributed by atoms with Gasteiger partial charge in [-0.2, -0.15) is 17.8 Å². The van der Waals surface area contributed by atoms with E-state index in [-0.39, 0.29) is 22.9 Å². The minimum Gasteiger partial charge on any atom is -0.444 e.